The van der Waals surface area contributed by atoms with Gasteiger partial charge in [0.1, 0.15) is 18.3 Å². The van der Waals surface area contributed by atoms with Gasteiger partial charge < -0.3 is 19.5 Å². The Kier molecular flexibility index (Phi) is 7.68. The molecule has 1 heterocycles. The Bertz CT molecular complexity index is 1010. The maximum Gasteiger partial charge on any atom is 0.336 e. The minimum absolute atomic E-state index is 0.0133. The first-order chi connectivity index (χ1) is 15.7. The molecule has 178 valence electrons. The van der Waals surface area contributed by atoms with Crippen LogP contribution >= 0.6 is 0 Å². The van der Waals surface area contributed by atoms with E-state index in [0.29, 0.717) is 17.8 Å². The number of carbonyl (C=O) groups is 3. The summed E-state index contributed by atoms with van der Waals surface area (Å²) in [6, 6.07) is 6.00. The molecule has 3 atom stereocenters. The molecule has 0 bridgehead atoms. The highest BCUT2D eigenvalue weighted by Gasteiger charge is 2.47. The van der Waals surface area contributed by atoms with Crippen LogP contribution in [0.3, 0.4) is 0 Å². The molecule has 1 aromatic rings. The first-order valence-electron chi connectivity index (χ1n) is 11.0. The molecule has 3 rings (SSSR count). The first-order valence-corrected chi connectivity index (χ1v) is 11.0. The first kappa shape index (κ1) is 24.6. The molecule has 0 fully saturated rings. The van der Waals surface area contributed by atoms with Crippen LogP contribution < -0.4 is 5.32 Å². The number of esters is 2. The van der Waals surface area contributed by atoms with Gasteiger partial charge in [0.25, 0.3) is 0 Å². The Labute approximate surface area is 193 Å². The van der Waals surface area contributed by atoms with Crippen LogP contribution in [0.2, 0.25) is 0 Å². The van der Waals surface area contributed by atoms with Crippen molar-refractivity contribution in [3.63, 3.8) is 0 Å². The second-order valence-electron chi connectivity index (χ2n) is 8.61. The minimum atomic E-state index is -1.03. The van der Waals surface area contributed by atoms with E-state index in [0.717, 1.165) is 0 Å². The van der Waals surface area contributed by atoms with E-state index in [1.165, 1.54) is 25.3 Å². The lowest BCUT2D eigenvalue weighted by molar-refractivity contribution is -0.151. The standard InChI is InChI=1S/C25H30FNO6/c1-13(2)32-10-11-33-25(30)20-15(4)27-18-12-14(3)19(24(29)31-5)23(28)22(18)21(20)16-8-6-7-9-17(16)26/h6-9,13-14,19,21,27H,10-12H2,1-5H3/t14-,19-,21-/m0/s1. The minimum Gasteiger partial charge on any atom is -0.468 e. The van der Waals surface area contributed by atoms with Gasteiger partial charge in [-0.1, -0.05) is 25.1 Å². The van der Waals surface area contributed by atoms with Crippen LogP contribution in [0.4, 0.5) is 4.39 Å². The fourth-order valence-corrected chi connectivity index (χ4v) is 4.47. The van der Waals surface area contributed by atoms with Gasteiger partial charge in [0, 0.05) is 22.5 Å². The Hall–Kier alpha value is -3.00. The van der Waals surface area contributed by atoms with Crippen molar-refractivity contribution in [2.75, 3.05) is 20.3 Å². The van der Waals surface area contributed by atoms with Crippen molar-refractivity contribution in [1.82, 2.24) is 5.32 Å². The molecular weight excluding hydrogens is 429 g/mol. The number of halogens is 1. The Balaban J connectivity index is 2.05. The van der Waals surface area contributed by atoms with E-state index in [1.54, 1.807) is 19.9 Å². The number of benzene rings is 1. The van der Waals surface area contributed by atoms with E-state index < -0.39 is 35.4 Å². The molecule has 33 heavy (non-hydrogen) atoms. The number of Topliss-reactive ketones (excluding diaryl/α,β-unsaturated/α-hetero) is 1. The van der Waals surface area contributed by atoms with Crippen LogP contribution in [0.25, 0.3) is 0 Å². The monoisotopic (exact) mass is 459 g/mol. The van der Waals surface area contributed by atoms with Crippen molar-refractivity contribution >= 4 is 17.7 Å². The molecule has 8 heteroatoms. The van der Waals surface area contributed by atoms with Gasteiger partial charge in [-0.3, -0.25) is 9.59 Å². The third-order valence-electron chi connectivity index (χ3n) is 5.95. The summed E-state index contributed by atoms with van der Waals surface area (Å²) in [6.07, 6.45) is 0.366. The van der Waals surface area contributed by atoms with Crippen LogP contribution in [-0.2, 0) is 28.6 Å². The summed E-state index contributed by atoms with van der Waals surface area (Å²) in [6.45, 7) is 7.45. The van der Waals surface area contributed by atoms with Gasteiger partial charge in [-0.25, -0.2) is 9.18 Å². The lowest BCUT2D eigenvalue weighted by atomic mass is 9.69. The number of hydrogen-bond acceptors (Lipinski definition) is 7. The fraction of sp³-hybridized carbons (Fsp3) is 0.480. The summed E-state index contributed by atoms with van der Waals surface area (Å²) in [7, 11) is 1.23. The van der Waals surface area contributed by atoms with E-state index in [4.69, 9.17) is 14.2 Å². The summed E-state index contributed by atoms with van der Waals surface area (Å²) in [4.78, 5) is 39.1. The molecule has 0 unspecified atom stereocenters. The number of carbonyl (C=O) groups excluding carboxylic acids is 3. The number of allylic oxidation sites excluding steroid dienone is 3. The zero-order valence-corrected chi connectivity index (χ0v) is 19.6. The number of ketones is 1. The molecule has 7 nitrogen and oxygen atoms in total. The maximum absolute atomic E-state index is 15.0. The topological polar surface area (TPSA) is 90.9 Å². The zero-order chi connectivity index (χ0) is 24.3. The van der Waals surface area contributed by atoms with Crippen LogP contribution in [0.5, 0.6) is 0 Å². The number of rotatable bonds is 7. The number of methoxy groups -OCH3 is 1. The molecule has 2 aliphatic rings. The lowest BCUT2D eigenvalue weighted by Gasteiger charge is -2.38. The highest BCUT2D eigenvalue weighted by atomic mass is 19.1. The normalized spacial score (nSPS) is 22.8. The van der Waals surface area contributed by atoms with Gasteiger partial charge in [0.2, 0.25) is 0 Å². The molecule has 1 aromatic carbocycles. The average Bonchev–Trinajstić information content (AvgIpc) is 2.75. The summed E-state index contributed by atoms with van der Waals surface area (Å²) < 4.78 is 30.7. The quantitative estimate of drug-likeness (QED) is 0.380. The van der Waals surface area contributed by atoms with Crippen molar-refractivity contribution in [3.05, 3.63) is 58.2 Å². The van der Waals surface area contributed by atoms with Crippen molar-refractivity contribution in [2.45, 2.75) is 46.1 Å². The van der Waals surface area contributed by atoms with E-state index >= 15 is 0 Å². The highest BCUT2D eigenvalue weighted by molar-refractivity contribution is 6.12. The molecule has 1 aliphatic heterocycles. The van der Waals surface area contributed by atoms with Gasteiger partial charge >= 0.3 is 11.9 Å². The predicted octanol–water partition coefficient (Wildman–Crippen LogP) is 3.41. The summed E-state index contributed by atoms with van der Waals surface area (Å²) in [5.41, 5.74) is 1.56. The Morgan fingerprint density at radius 2 is 1.91 bits per heavy atom. The number of hydrogen-bond donors (Lipinski definition) is 1. The van der Waals surface area contributed by atoms with Gasteiger partial charge in [-0.05, 0) is 39.2 Å². The Morgan fingerprint density at radius 1 is 1.21 bits per heavy atom. The third kappa shape index (κ3) is 5.00. The third-order valence-corrected chi connectivity index (χ3v) is 5.95. The van der Waals surface area contributed by atoms with E-state index in [1.807, 2.05) is 13.8 Å². The lowest BCUT2D eigenvalue weighted by Crippen LogP contribution is -2.43. The molecule has 0 spiro atoms. The van der Waals surface area contributed by atoms with Crippen LogP contribution in [0.1, 0.15) is 45.6 Å². The molecule has 1 aliphatic carbocycles. The molecular formula is C25H30FNO6. The van der Waals surface area contributed by atoms with Crippen molar-refractivity contribution in [2.24, 2.45) is 11.8 Å². The van der Waals surface area contributed by atoms with E-state index in [9.17, 15) is 18.8 Å². The summed E-state index contributed by atoms with van der Waals surface area (Å²) in [5, 5.41) is 3.15. The van der Waals surface area contributed by atoms with Gasteiger partial charge in [-0.2, -0.15) is 0 Å². The highest BCUT2D eigenvalue weighted by Crippen LogP contribution is 2.46. The predicted molar refractivity (Wildman–Crippen MR) is 118 cm³/mol. The second-order valence-corrected chi connectivity index (χ2v) is 8.61. The zero-order valence-electron chi connectivity index (χ0n) is 19.6. The van der Waals surface area contributed by atoms with Crippen molar-refractivity contribution < 1.29 is 33.0 Å². The molecule has 0 saturated carbocycles. The maximum atomic E-state index is 15.0. The number of nitrogens with one attached hydrogen (secondary N) is 1. The van der Waals surface area contributed by atoms with Crippen LogP contribution in [0, 0.1) is 17.7 Å². The van der Waals surface area contributed by atoms with Gasteiger partial charge in [0.05, 0.1) is 31.3 Å². The fourth-order valence-electron chi connectivity index (χ4n) is 4.47. The largest absolute Gasteiger partial charge is 0.468 e. The number of ether oxygens (including phenoxy) is 3. The summed E-state index contributed by atoms with van der Waals surface area (Å²) >= 11 is 0. The molecule has 0 aromatic heterocycles. The average molecular weight is 460 g/mol. The smallest absolute Gasteiger partial charge is 0.336 e. The molecule has 1 N–H and O–H groups in total. The van der Waals surface area contributed by atoms with E-state index in [-0.39, 0.29) is 41.9 Å². The summed E-state index contributed by atoms with van der Waals surface area (Å²) in [5.74, 6) is -4.70. The van der Waals surface area contributed by atoms with Gasteiger partial charge in [-0.15, -0.1) is 0 Å². The SMILES string of the molecule is COC(=O)[C@@H]1C(=O)C2=C(C[C@@H]1C)NC(C)=C(C(=O)OCCOC(C)C)[C@@H]2c1ccccc1F. The number of dihydropyridines is 1. The molecule has 0 saturated heterocycles. The van der Waals surface area contributed by atoms with E-state index in [2.05, 4.69) is 5.32 Å². The van der Waals surface area contributed by atoms with Crippen molar-refractivity contribution in [1.29, 1.82) is 0 Å². The molecule has 0 amide bonds. The Morgan fingerprint density at radius 3 is 2.55 bits per heavy atom. The van der Waals surface area contributed by atoms with Crippen LogP contribution in [0.15, 0.2) is 46.8 Å². The molecule has 0 radical (unpaired) electrons. The van der Waals surface area contributed by atoms with Crippen molar-refractivity contribution in [3.8, 4) is 0 Å². The van der Waals surface area contributed by atoms with Crippen LogP contribution in [-0.4, -0.2) is 44.1 Å². The second kappa shape index (κ2) is 10.3. The van der Waals surface area contributed by atoms with Gasteiger partial charge in [0.15, 0.2) is 5.78 Å².